The van der Waals surface area contributed by atoms with E-state index in [1.807, 2.05) is 31.2 Å². The minimum atomic E-state index is -0.426. The van der Waals surface area contributed by atoms with Crippen LogP contribution >= 0.6 is 11.6 Å². The molecule has 0 saturated heterocycles. The molecule has 0 aliphatic heterocycles. The fourth-order valence-corrected chi connectivity index (χ4v) is 3.25. The summed E-state index contributed by atoms with van der Waals surface area (Å²) in [4.78, 5) is 25.1. The summed E-state index contributed by atoms with van der Waals surface area (Å²) in [6.07, 6.45) is 0.523. The molecule has 0 spiro atoms. The van der Waals surface area contributed by atoms with Gasteiger partial charge in [-0.15, -0.1) is 0 Å². The molecule has 2 aromatic carbocycles. The van der Waals surface area contributed by atoms with E-state index in [0.29, 0.717) is 22.6 Å². The molecule has 1 aliphatic carbocycles. The number of Topliss-reactive ketones (excluding diaryl/α,β-unsaturated/α-hetero) is 2. The van der Waals surface area contributed by atoms with Crippen molar-refractivity contribution in [3.05, 3.63) is 80.9 Å². The van der Waals surface area contributed by atoms with Gasteiger partial charge >= 0.3 is 0 Å². The largest absolute Gasteiger partial charge is 0.294 e. The van der Waals surface area contributed by atoms with Gasteiger partial charge in [-0.3, -0.25) is 9.59 Å². The molecule has 0 radical (unpaired) electrons. The smallest absolute Gasteiger partial charge is 0.205 e. The first kappa shape index (κ1) is 16.2. The van der Waals surface area contributed by atoms with E-state index in [0.717, 1.165) is 11.1 Å². The summed E-state index contributed by atoms with van der Waals surface area (Å²) in [6, 6.07) is 14.4. The highest BCUT2D eigenvalue weighted by Crippen LogP contribution is 2.29. The summed E-state index contributed by atoms with van der Waals surface area (Å²) in [5.41, 5.74) is 3.31. The number of fused-ring (bicyclic) bond motifs is 1. The van der Waals surface area contributed by atoms with Crippen LogP contribution in [0, 0.1) is 18.3 Å². The molecule has 0 amide bonds. The lowest BCUT2D eigenvalue weighted by molar-refractivity contribution is 0.0987. The molecule has 0 bridgehead atoms. The molecule has 1 aliphatic rings. The van der Waals surface area contributed by atoms with Crippen LogP contribution in [0.1, 0.15) is 38.3 Å². The summed E-state index contributed by atoms with van der Waals surface area (Å²) in [5.74, 6) is -0.493. The van der Waals surface area contributed by atoms with E-state index < -0.39 is 5.78 Å². The topological polar surface area (TPSA) is 57.9 Å². The van der Waals surface area contributed by atoms with E-state index in [-0.39, 0.29) is 23.3 Å². The summed E-state index contributed by atoms with van der Waals surface area (Å²) in [6.45, 7) is 1.88. The fourth-order valence-electron chi connectivity index (χ4n) is 2.93. The normalized spacial score (nSPS) is 15.5. The molecule has 0 unspecified atom stereocenters. The van der Waals surface area contributed by atoms with Crippen molar-refractivity contribution in [2.75, 3.05) is 0 Å². The van der Waals surface area contributed by atoms with Crippen molar-refractivity contribution >= 4 is 23.2 Å². The minimum Gasteiger partial charge on any atom is -0.294 e. The van der Waals surface area contributed by atoms with E-state index in [1.54, 1.807) is 24.3 Å². The second-order valence-corrected chi connectivity index (χ2v) is 6.24. The van der Waals surface area contributed by atoms with Gasteiger partial charge in [-0.05, 0) is 42.2 Å². The highest BCUT2D eigenvalue weighted by molar-refractivity contribution is 6.35. The molecular weight excluding hydrogens is 322 g/mol. The number of halogens is 1. The second-order valence-electron chi connectivity index (χ2n) is 5.84. The van der Waals surface area contributed by atoms with Gasteiger partial charge in [-0.1, -0.05) is 41.9 Å². The van der Waals surface area contributed by atoms with E-state index >= 15 is 0 Å². The molecule has 4 heteroatoms. The third kappa shape index (κ3) is 2.89. The Bertz CT molecular complexity index is 935. The number of carbonyl (C=O) groups excluding carboxylic acids is 2. The molecule has 3 nitrogen and oxygen atoms in total. The van der Waals surface area contributed by atoms with Crippen LogP contribution in [0.5, 0.6) is 0 Å². The van der Waals surface area contributed by atoms with Crippen LogP contribution in [0.3, 0.4) is 0 Å². The van der Waals surface area contributed by atoms with Crippen molar-refractivity contribution in [2.24, 2.45) is 0 Å². The Morgan fingerprint density at radius 3 is 2.62 bits per heavy atom. The van der Waals surface area contributed by atoms with Crippen LogP contribution in [0.2, 0.25) is 5.02 Å². The Morgan fingerprint density at radius 1 is 1.17 bits per heavy atom. The molecule has 0 aromatic heterocycles. The highest BCUT2D eigenvalue weighted by atomic mass is 35.5. The number of hydrogen-bond donors (Lipinski definition) is 0. The number of aryl methyl sites for hydroxylation is 1. The van der Waals surface area contributed by atoms with Gasteiger partial charge in [0.15, 0.2) is 5.78 Å². The molecule has 0 saturated carbocycles. The van der Waals surface area contributed by atoms with Gasteiger partial charge in [-0.25, -0.2) is 0 Å². The lowest BCUT2D eigenvalue weighted by atomic mass is 9.83. The van der Waals surface area contributed by atoms with Gasteiger partial charge in [0.1, 0.15) is 6.07 Å². The Kier molecular flexibility index (Phi) is 4.33. The van der Waals surface area contributed by atoms with Crippen molar-refractivity contribution in [2.45, 2.75) is 19.8 Å². The van der Waals surface area contributed by atoms with Gasteiger partial charge < -0.3 is 0 Å². The number of rotatable bonds is 2. The van der Waals surface area contributed by atoms with Crippen molar-refractivity contribution in [1.82, 2.24) is 0 Å². The van der Waals surface area contributed by atoms with Crippen molar-refractivity contribution < 1.29 is 9.59 Å². The van der Waals surface area contributed by atoms with Crippen molar-refractivity contribution in [1.29, 1.82) is 5.26 Å². The Labute approximate surface area is 145 Å². The Balaban J connectivity index is 2.06. The summed E-state index contributed by atoms with van der Waals surface area (Å²) in [5, 5.41) is 9.82. The summed E-state index contributed by atoms with van der Waals surface area (Å²) in [7, 11) is 0. The van der Waals surface area contributed by atoms with Crippen LogP contribution < -0.4 is 0 Å². The van der Waals surface area contributed by atoms with Gasteiger partial charge in [0.25, 0.3) is 0 Å². The molecular formula is C20H14ClNO2. The number of hydrogen-bond acceptors (Lipinski definition) is 3. The zero-order valence-corrected chi connectivity index (χ0v) is 13.9. The molecule has 0 fully saturated rings. The monoisotopic (exact) mass is 335 g/mol. The molecule has 118 valence electrons. The SMILES string of the molecule is Cc1ccc(C(=O)/C(C#N)=C2/CC(=O)c3ccccc3C2)c(Cl)c1. The number of carbonyl (C=O) groups is 2. The van der Waals surface area contributed by atoms with Crippen LogP contribution in [-0.2, 0) is 6.42 Å². The molecule has 3 rings (SSSR count). The molecule has 24 heavy (non-hydrogen) atoms. The molecule has 0 heterocycles. The van der Waals surface area contributed by atoms with Crippen LogP contribution in [0.25, 0.3) is 0 Å². The number of nitrogens with zero attached hydrogens (tertiary/aromatic N) is 1. The average molecular weight is 336 g/mol. The number of ketones is 2. The third-order valence-corrected chi connectivity index (χ3v) is 4.47. The van der Waals surface area contributed by atoms with E-state index in [9.17, 15) is 14.9 Å². The van der Waals surface area contributed by atoms with Crippen LogP contribution in [0.15, 0.2) is 53.6 Å². The maximum Gasteiger partial charge on any atom is 0.205 e. The zero-order valence-electron chi connectivity index (χ0n) is 13.1. The number of allylic oxidation sites excluding steroid dienone is 2. The van der Waals surface area contributed by atoms with Crippen LogP contribution in [0.4, 0.5) is 0 Å². The molecule has 0 atom stereocenters. The maximum absolute atomic E-state index is 12.7. The number of nitriles is 1. The highest BCUT2D eigenvalue weighted by Gasteiger charge is 2.26. The summed E-state index contributed by atoms with van der Waals surface area (Å²) < 4.78 is 0. The van der Waals surface area contributed by atoms with Gasteiger partial charge in [0.05, 0.1) is 10.6 Å². The minimum absolute atomic E-state index is 0.0172. The Hall–Kier alpha value is -2.70. The predicted octanol–water partition coefficient (Wildman–Crippen LogP) is 4.48. The zero-order chi connectivity index (χ0) is 17.3. The van der Waals surface area contributed by atoms with E-state index in [2.05, 4.69) is 0 Å². The first-order valence-corrected chi connectivity index (χ1v) is 7.93. The van der Waals surface area contributed by atoms with Gasteiger partial charge in [0.2, 0.25) is 5.78 Å². The van der Waals surface area contributed by atoms with Gasteiger partial charge in [-0.2, -0.15) is 5.26 Å². The molecule has 0 N–H and O–H groups in total. The lowest BCUT2D eigenvalue weighted by Crippen LogP contribution is -2.17. The first-order valence-electron chi connectivity index (χ1n) is 7.55. The fraction of sp³-hybridized carbons (Fsp3) is 0.150. The molecule has 2 aromatic rings. The van der Waals surface area contributed by atoms with Crippen molar-refractivity contribution in [3.63, 3.8) is 0 Å². The maximum atomic E-state index is 12.7. The summed E-state index contributed by atoms with van der Waals surface area (Å²) >= 11 is 6.15. The third-order valence-electron chi connectivity index (χ3n) is 4.16. The van der Waals surface area contributed by atoms with E-state index in [4.69, 9.17) is 11.6 Å². The van der Waals surface area contributed by atoms with Crippen LogP contribution in [-0.4, -0.2) is 11.6 Å². The quantitative estimate of drug-likeness (QED) is 0.462. The van der Waals surface area contributed by atoms with Crippen molar-refractivity contribution in [3.8, 4) is 6.07 Å². The average Bonchev–Trinajstić information content (AvgIpc) is 2.55. The second kappa shape index (κ2) is 6.43. The first-order chi connectivity index (χ1) is 11.5. The standard InChI is InChI=1S/C20H14ClNO2/c1-12-6-7-16(18(21)8-12)20(24)17(11-22)14-9-13-4-2-3-5-15(13)19(23)10-14/h2-8H,9-10H2,1H3/b17-14+. The number of benzene rings is 2. The van der Waals surface area contributed by atoms with Gasteiger partial charge in [0, 0.05) is 17.5 Å². The Morgan fingerprint density at radius 2 is 1.92 bits per heavy atom. The lowest BCUT2D eigenvalue weighted by Gasteiger charge is -2.18. The van der Waals surface area contributed by atoms with E-state index in [1.165, 1.54) is 0 Å². The predicted molar refractivity (Wildman–Crippen MR) is 92.3 cm³/mol.